The van der Waals surface area contributed by atoms with Crippen LogP contribution < -0.4 is 5.32 Å². The number of carbonyl (C=O) groups is 1. The van der Waals surface area contributed by atoms with Gasteiger partial charge in [0.05, 0.1) is 9.82 Å². The Morgan fingerprint density at radius 1 is 1.21 bits per heavy atom. The second-order valence-electron chi connectivity index (χ2n) is 5.16. The third kappa shape index (κ3) is 4.18. The van der Waals surface area contributed by atoms with Crippen LogP contribution in [0.4, 0.5) is 11.4 Å². The van der Waals surface area contributed by atoms with E-state index in [4.69, 9.17) is 0 Å². The zero-order valence-corrected chi connectivity index (χ0v) is 15.1. The molecule has 0 saturated carbocycles. The van der Waals surface area contributed by atoms with E-state index in [1.807, 2.05) is 6.92 Å². The molecule has 0 aliphatic carbocycles. The Bertz CT molecular complexity index is 941. The summed E-state index contributed by atoms with van der Waals surface area (Å²) in [5.41, 5.74) is 0.817. The molecule has 0 aliphatic rings. The van der Waals surface area contributed by atoms with Crippen molar-refractivity contribution in [1.82, 2.24) is 0 Å². The van der Waals surface area contributed by atoms with Crippen LogP contribution in [0.2, 0.25) is 0 Å². The molecule has 0 spiro atoms. The third-order valence-corrected chi connectivity index (χ3v) is 5.19. The largest absolute Gasteiger partial charge is 0.322 e. The number of benzene rings is 2. The molecule has 0 unspecified atom stereocenters. The normalized spacial score (nSPS) is 11.1. The Labute approximate surface area is 146 Å². The number of carbonyl (C=O) groups excluding carboxylic acids is 1. The average Bonchev–Trinajstić information content (AvgIpc) is 2.49. The molecule has 0 fully saturated rings. The van der Waals surface area contributed by atoms with Gasteiger partial charge in [0.25, 0.3) is 11.6 Å². The maximum absolute atomic E-state index is 12.3. The summed E-state index contributed by atoms with van der Waals surface area (Å²) < 4.78 is 24.2. The number of hydrogen-bond acceptors (Lipinski definition) is 5. The Kier molecular flexibility index (Phi) is 5.05. The van der Waals surface area contributed by atoms with Crippen LogP contribution in [-0.4, -0.2) is 25.5 Å². The van der Waals surface area contributed by atoms with E-state index < -0.39 is 26.4 Å². The molecular formula is C15H13BrN2O5S. The molecule has 2 aromatic rings. The molecule has 126 valence electrons. The number of halogens is 1. The Morgan fingerprint density at radius 3 is 2.42 bits per heavy atom. The summed E-state index contributed by atoms with van der Waals surface area (Å²) in [6, 6.07) is 8.20. The predicted octanol–water partition coefficient (Wildman–Crippen LogP) is 3.32. The van der Waals surface area contributed by atoms with E-state index in [0.29, 0.717) is 5.69 Å². The number of non-ortho nitro benzene ring substituents is 1. The van der Waals surface area contributed by atoms with Crippen LogP contribution in [0.3, 0.4) is 0 Å². The number of amides is 1. The summed E-state index contributed by atoms with van der Waals surface area (Å²) in [6.45, 7) is 1.84. The lowest BCUT2D eigenvalue weighted by atomic mass is 10.1. The van der Waals surface area contributed by atoms with E-state index in [1.165, 1.54) is 0 Å². The Hall–Kier alpha value is -2.26. The monoisotopic (exact) mass is 412 g/mol. The average molecular weight is 413 g/mol. The number of nitro groups is 1. The molecule has 9 heteroatoms. The molecule has 2 aromatic carbocycles. The van der Waals surface area contributed by atoms with Crippen molar-refractivity contribution >= 4 is 43.0 Å². The molecule has 2 rings (SSSR count). The van der Waals surface area contributed by atoms with Crippen LogP contribution in [0.5, 0.6) is 0 Å². The quantitative estimate of drug-likeness (QED) is 0.611. The number of hydrogen-bond donors (Lipinski definition) is 1. The second kappa shape index (κ2) is 6.70. The maximum atomic E-state index is 12.3. The second-order valence-corrected chi connectivity index (χ2v) is 8.03. The molecule has 0 aromatic heterocycles. The number of anilines is 1. The van der Waals surface area contributed by atoms with Crippen LogP contribution in [0.1, 0.15) is 15.9 Å². The van der Waals surface area contributed by atoms with Crippen LogP contribution in [0, 0.1) is 17.0 Å². The fourth-order valence-corrected chi connectivity index (χ4v) is 2.88. The van der Waals surface area contributed by atoms with Crippen molar-refractivity contribution in [3.63, 3.8) is 0 Å². The van der Waals surface area contributed by atoms with Gasteiger partial charge in [0, 0.05) is 34.1 Å². The maximum Gasteiger partial charge on any atom is 0.271 e. The van der Waals surface area contributed by atoms with Crippen molar-refractivity contribution in [2.24, 2.45) is 0 Å². The van der Waals surface area contributed by atoms with Gasteiger partial charge in [-0.05, 0) is 36.8 Å². The van der Waals surface area contributed by atoms with Gasteiger partial charge in [-0.1, -0.05) is 15.9 Å². The molecule has 0 aliphatic heterocycles. The Balaban J connectivity index is 2.42. The molecular weight excluding hydrogens is 400 g/mol. The van der Waals surface area contributed by atoms with E-state index in [0.717, 1.165) is 34.5 Å². The van der Waals surface area contributed by atoms with Crippen LogP contribution in [0.25, 0.3) is 0 Å². The topological polar surface area (TPSA) is 106 Å². The number of nitro benzene ring substituents is 1. The first kappa shape index (κ1) is 18.1. The van der Waals surface area contributed by atoms with Gasteiger partial charge in [0.15, 0.2) is 9.84 Å². The number of sulfone groups is 1. The number of nitrogens with zero attached hydrogens (tertiary/aromatic N) is 1. The van der Waals surface area contributed by atoms with Crippen LogP contribution >= 0.6 is 15.9 Å². The van der Waals surface area contributed by atoms with E-state index in [9.17, 15) is 23.3 Å². The molecule has 0 bridgehead atoms. The lowest BCUT2D eigenvalue weighted by Crippen LogP contribution is -2.13. The molecule has 1 amide bonds. The van der Waals surface area contributed by atoms with Crippen molar-refractivity contribution in [3.05, 3.63) is 62.1 Å². The molecule has 0 saturated heterocycles. The van der Waals surface area contributed by atoms with Crippen LogP contribution in [-0.2, 0) is 9.84 Å². The smallest absolute Gasteiger partial charge is 0.271 e. The van der Waals surface area contributed by atoms with E-state index in [-0.39, 0.29) is 10.5 Å². The molecule has 0 radical (unpaired) electrons. The van der Waals surface area contributed by atoms with Crippen molar-refractivity contribution in [2.75, 3.05) is 11.6 Å². The van der Waals surface area contributed by atoms with Gasteiger partial charge < -0.3 is 5.32 Å². The molecule has 7 nitrogen and oxygen atoms in total. The van der Waals surface area contributed by atoms with Crippen molar-refractivity contribution < 1.29 is 18.1 Å². The van der Waals surface area contributed by atoms with Crippen molar-refractivity contribution in [1.29, 1.82) is 0 Å². The van der Waals surface area contributed by atoms with Gasteiger partial charge >= 0.3 is 0 Å². The summed E-state index contributed by atoms with van der Waals surface area (Å²) in [5.74, 6) is -0.634. The van der Waals surface area contributed by atoms with Gasteiger partial charge in [0.2, 0.25) is 0 Å². The zero-order valence-electron chi connectivity index (χ0n) is 12.7. The number of aryl methyl sites for hydroxylation is 1. The lowest BCUT2D eigenvalue weighted by molar-refractivity contribution is -0.385. The first-order valence-electron chi connectivity index (χ1n) is 6.65. The highest BCUT2D eigenvalue weighted by molar-refractivity contribution is 9.10. The van der Waals surface area contributed by atoms with Crippen molar-refractivity contribution in [2.45, 2.75) is 11.8 Å². The molecule has 1 N–H and O–H groups in total. The standard InChI is InChI=1S/C15H13BrN2O5S/c1-9-5-11(3-4-14(9)16)17-15(19)10-6-12(18(20)21)8-13(7-10)24(2,22)23/h3-8H,1-2H3,(H,17,19). The fraction of sp³-hybridized carbons (Fsp3) is 0.133. The van der Waals surface area contributed by atoms with Gasteiger partial charge in [0.1, 0.15) is 0 Å². The molecule has 0 atom stereocenters. The highest BCUT2D eigenvalue weighted by Gasteiger charge is 2.19. The number of nitrogens with one attached hydrogen (secondary N) is 1. The molecule has 24 heavy (non-hydrogen) atoms. The zero-order chi connectivity index (χ0) is 18.1. The minimum Gasteiger partial charge on any atom is -0.322 e. The van der Waals surface area contributed by atoms with E-state index in [1.54, 1.807) is 18.2 Å². The summed E-state index contributed by atoms with van der Waals surface area (Å²) in [6.07, 6.45) is 0.922. The van der Waals surface area contributed by atoms with E-state index in [2.05, 4.69) is 21.2 Å². The third-order valence-electron chi connectivity index (χ3n) is 3.21. The molecule has 0 heterocycles. The first-order chi connectivity index (χ1) is 11.1. The SMILES string of the molecule is Cc1cc(NC(=O)c2cc([N+](=O)[O-])cc(S(C)(=O)=O)c2)ccc1Br. The summed E-state index contributed by atoms with van der Waals surface area (Å²) in [5, 5.41) is 13.6. The fourth-order valence-electron chi connectivity index (χ4n) is 1.96. The number of rotatable bonds is 4. The summed E-state index contributed by atoms with van der Waals surface area (Å²) in [7, 11) is -3.69. The Morgan fingerprint density at radius 2 is 1.88 bits per heavy atom. The van der Waals surface area contributed by atoms with Gasteiger partial charge in [-0.15, -0.1) is 0 Å². The van der Waals surface area contributed by atoms with Gasteiger partial charge in [-0.25, -0.2) is 8.42 Å². The van der Waals surface area contributed by atoms with Gasteiger partial charge in [-0.2, -0.15) is 0 Å². The highest BCUT2D eigenvalue weighted by Crippen LogP contribution is 2.23. The highest BCUT2D eigenvalue weighted by atomic mass is 79.9. The predicted molar refractivity (Wildman–Crippen MR) is 93.0 cm³/mol. The lowest BCUT2D eigenvalue weighted by Gasteiger charge is -2.08. The van der Waals surface area contributed by atoms with Gasteiger partial charge in [-0.3, -0.25) is 14.9 Å². The summed E-state index contributed by atoms with van der Waals surface area (Å²) in [4.78, 5) is 22.3. The summed E-state index contributed by atoms with van der Waals surface area (Å²) >= 11 is 3.34. The van der Waals surface area contributed by atoms with Crippen LogP contribution in [0.15, 0.2) is 45.8 Å². The first-order valence-corrected chi connectivity index (χ1v) is 9.33. The van der Waals surface area contributed by atoms with Crippen molar-refractivity contribution in [3.8, 4) is 0 Å². The minimum atomic E-state index is -3.69. The minimum absolute atomic E-state index is 0.106. The van der Waals surface area contributed by atoms with E-state index >= 15 is 0 Å².